The van der Waals surface area contributed by atoms with E-state index in [9.17, 15) is 0 Å². The first-order valence-corrected chi connectivity index (χ1v) is 25.4. The molecule has 0 fully saturated rings. The van der Waals surface area contributed by atoms with Crippen LogP contribution in [0.1, 0.15) is 0 Å². The van der Waals surface area contributed by atoms with Crippen LogP contribution >= 0.6 is 0 Å². The van der Waals surface area contributed by atoms with E-state index in [4.69, 9.17) is 0 Å². The van der Waals surface area contributed by atoms with Gasteiger partial charge in [-0.3, -0.25) is 0 Å². The molecule has 0 rings (SSSR count). The van der Waals surface area contributed by atoms with Crippen LogP contribution < -0.4 is 0 Å². The summed E-state index contributed by atoms with van der Waals surface area (Å²) in [6.07, 6.45) is 0. The van der Waals surface area contributed by atoms with Gasteiger partial charge in [-0.15, -0.1) is 0 Å². The molecule has 0 aromatic heterocycles. The van der Waals surface area contributed by atoms with Crippen LogP contribution in [-0.4, -0.2) is 53.7 Å². The first-order valence-electron chi connectivity index (χ1n) is 8.48. The third-order valence-electron chi connectivity index (χ3n) is 1.79. The number of hydrogen-bond donors (Lipinski definition) is 0. The van der Waals surface area contributed by atoms with Crippen molar-refractivity contribution in [1.29, 1.82) is 0 Å². The van der Waals surface area contributed by atoms with E-state index >= 15 is 0 Å². The van der Waals surface area contributed by atoms with Crippen molar-refractivity contribution in [2.75, 3.05) is 0 Å². The molecule has 3 nitrogen and oxygen atoms in total. The Hall–Kier alpha value is 2.51. The molecule has 0 aromatic rings. The second kappa shape index (κ2) is 21.5. The molecule has 22 heavy (non-hydrogen) atoms. The summed E-state index contributed by atoms with van der Waals surface area (Å²) in [5.41, 5.74) is 0. The monoisotopic (exact) mass is 554 g/mol. The van der Waals surface area contributed by atoms with Crippen molar-refractivity contribution in [1.82, 2.24) is 0 Å². The summed E-state index contributed by atoms with van der Waals surface area (Å²) in [5, 5.41) is 0. The molecular weight excluding hydrogens is 512 g/mol. The van der Waals surface area contributed by atoms with Crippen molar-refractivity contribution in [3.63, 3.8) is 0 Å². The van der Waals surface area contributed by atoms with Crippen molar-refractivity contribution in [2.45, 2.75) is 78.6 Å². The molecule has 1 radical (unpaired) electrons. The van der Waals surface area contributed by atoms with Crippen molar-refractivity contribution >= 4 is 53.7 Å². The molecule has 0 saturated carbocycles. The first kappa shape index (κ1) is 32.2. The quantitative estimate of drug-likeness (QED) is 0.447. The SMILES string of the molecule is C[SiH](C)[N-][SiH](C)C.C[SiH](C)[N-][SiH](C)C.C[SiH](C)[N-][SiH](C)C.[Gd+3]. The van der Waals surface area contributed by atoms with Gasteiger partial charge in [0, 0.05) is 0 Å². The fourth-order valence-corrected chi connectivity index (χ4v) is 16.1. The summed E-state index contributed by atoms with van der Waals surface area (Å²) in [6, 6.07) is 0. The summed E-state index contributed by atoms with van der Waals surface area (Å²) in [6.45, 7) is 27.2. The third kappa shape index (κ3) is 49.5. The van der Waals surface area contributed by atoms with E-state index in [-0.39, 0.29) is 39.9 Å². The summed E-state index contributed by atoms with van der Waals surface area (Å²) < 4.78 is 13.7. The Kier molecular flexibility index (Phi) is 31.5. The molecule has 0 N–H and O–H groups in total. The van der Waals surface area contributed by atoms with Crippen molar-refractivity contribution in [3.8, 4) is 0 Å². The van der Waals surface area contributed by atoms with E-state index in [0.29, 0.717) is 0 Å². The molecular formula is C12H42GdN3Si6. The predicted octanol–water partition coefficient (Wildman–Crippen LogP) is 3.98. The number of hydrogen-bond acceptors (Lipinski definition) is 0. The smallest absolute Gasteiger partial charge is 0.672 e. The Morgan fingerprint density at radius 1 is 0.318 bits per heavy atom. The molecule has 0 saturated heterocycles. The molecule has 0 spiro atoms. The average molecular weight is 554 g/mol. The van der Waals surface area contributed by atoms with Gasteiger partial charge in [-0.2, -0.15) is 0 Å². The molecule has 0 aromatic carbocycles. The van der Waals surface area contributed by atoms with E-state index in [1.54, 1.807) is 0 Å². The van der Waals surface area contributed by atoms with E-state index < -0.39 is 53.7 Å². The Labute approximate surface area is 184 Å². The van der Waals surface area contributed by atoms with E-state index in [2.05, 4.69) is 92.5 Å². The minimum absolute atomic E-state index is 0. The molecule has 0 amide bonds. The molecule has 0 aliphatic rings. The van der Waals surface area contributed by atoms with Gasteiger partial charge in [0.1, 0.15) is 0 Å². The zero-order valence-corrected chi connectivity index (χ0v) is 26.4. The van der Waals surface area contributed by atoms with E-state index in [0.717, 1.165) is 0 Å². The van der Waals surface area contributed by atoms with Gasteiger partial charge in [-0.1, -0.05) is 132 Å². The topological polar surface area (TPSA) is 42.3 Å². The van der Waals surface area contributed by atoms with Gasteiger partial charge in [0.05, 0.1) is 0 Å². The van der Waals surface area contributed by atoms with Crippen LogP contribution in [0.15, 0.2) is 0 Å². The van der Waals surface area contributed by atoms with Crippen LogP contribution in [0.3, 0.4) is 0 Å². The van der Waals surface area contributed by atoms with Gasteiger partial charge in [0.2, 0.25) is 0 Å². The molecule has 0 aliphatic carbocycles. The minimum Gasteiger partial charge on any atom is -0.672 e. The van der Waals surface area contributed by atoms with Crippen LogP contribution in [0.5, 0.6) is 0 Å². The number of rotatable bonds is 6. The van der Waals surface area contributed by atoms with E-state index in [1.807, 2.05) is 0 Å². The minimum atomic E-state index is -0.542. The second-order valence-electron chi connectivity index (χ2n) is 7.01. The standard InChI is InChI=1S/3C4H14NSi2.Gd/c3*1-6(2)5-7(3)4;/h3*6-7H,1-4H3;/q3*-1;+3. The Balaban J connectivity index is -0.000000108. The molecule has 0 aliphatic heterocycles. The Bertz CT molecular complexity index is 156. The molecule has 0 unspecified atom stereocenters. The Morgan fingerprint density at radius 3 is 0.409 bits per heavy atom. The van der Waals surface area contributed by atoms with Gasteiger partial charge in [0.25, 0.3) is 0 Å². The molecule has 0 atom stereocenters. The van der Waals surface area contributed by atoms with Crippen molar-refractivity contribution in [2.24, 2.45) is 0 Å². The fraction of sp³-hybridized carbons (Fsp3) is 1.00. The Morgan fingerprint density at radius 2 is 0.409 bits per heavy atom. The van der Waals surface area contributed by atoms with Gasteiger partial charge in [0.15, 0.2) is 0 Å². The van der Waals surface area contributed by atoms with Crippen LogP contribution in [0.25, 0.3) is 13.9 Å². The molecule has 137 valence electrons. The summed E-state index contributed by atoms with van der Waals surface area (Å²) in [4.78, 5) is 0. The summed E-state index contributed by atoms with van der Waals surface area (Å²) in [7, 11) is -3.25. The first-order chi connectivity index (χ1) is 9.38. The summed E-state index contributed by atoms with van der Waals surface area (Å²) >= 11 is 0. The van der Waals surface area contributed by atoms with Gasteiger partial charge >= 0.3 is 39.9 Å². The van der Waals surface area contributed by atoms with Gasteiger partial charge in [-0.25, -0.2) is 0 Å². The van der Waals surface area contributed by atoms with Crippen molar-refractivity contribution < 1.29 is 39.9 Å². The predicted molar refractivity (Wildman–Crippen MR) is 123 cm³/mol. The van der Waals surface area contributed by atoms with Gasteiger partial charge in [-0.05, 0) is 0 Å². The third-order valence-corrected chi connectivity index (χ3v) is 16.1. The van der Waals surface area contributed by atoms with Crippen LogP contribution in [0.4, 0.5) is 0 Å². The van der Waals surface area contributed by atoms with Crippen LogP contribution in [0.2, 0.25) is 78.6 Å². The maximum atomic E-state index is 4.56. The average Bonchev–Trinajstić information content (AvgIpc) is 2.10. The van der Waals surface area contributed by atoms with Gasteiger partial charge < -0.3 is 13.9 Å². The zero-order chi connectivity index (χ0) is 17.6. The normalized spacial score (nSPS) is 10.6. The van der Waals surface area contributed by atoms with Crippen LogP contribution in [-0.2, 0) is 0 Å². The fourth-order valence-electron chi connectivity index (χ4n) is 1.79. The largest absolute Gasteiger partial charge is 3.00 e. The molecule has 0 heterocycles. The van der Waals surface area contributed by atoms with Crippen LogP contribution in [0, 0.1) is 39.9 Å². The maximum Gasteiger partial charge on any atom is 3.00 e. The zero-order valence-electron chi connectivity index (χ0n) is 17.2. The maximum absolute atomic E-state index is 4.56. The molecule has 0 bridgehead atoms. The number of nitrogens with zero attached hydrogens (tertiary/aromatic N) is 3. The van der Waals surface area contributed by atoms with E-state index in [1.165, 1.54) is 0 Å². The van der Waals surface area contributed by atoms with Crippen molar-refractivity contribution in [3.05, 3.63) is 13.9 Å². The second-order valence-corrected chi connectivity index (χ2v) is 23.7. The summed E-state index contributed by atoms with van der Waals surface area (Å²) in [5.74, 6) is 0. The molecule has 10 heteroatoms.